The van der Waals surface area contributed by atoms with Gasteiger partial charge in [-0.2, -0.15) is 0 Å². The Labute approximate surface area is 138 Å². The number of alkyl halides is 2. The van der Waals surface area contributed by atoms with Crippen molar-refractivity contribution in [3.05, 3.63) is 59.4 Å². The topological polar surface area (TPSA) is 18.5 Å². The summed E-state index contributed by atoms with van der Waals surface area (Å²) in [7, 11) is 1.58. The van der Waals surface area contributed by atoms with Crippen LogP contribution in [-0.2, 0) is 5.41 Å². The molecule has 5 heteroatoms. The zero-order chi connectivity index (χ0) is 16.9. The van der Waals surface area contributed by atoms with Crippen molar-refractivity contribution in [2.24, 2.45) is 0 Å². The highest BCUT2D eigenvalue weighted by molar-refractivity contribution is 5.54. The van der Waals surface area contributed by atoms with E-state index in [2.05, 4.69) is 0 Å². The SMILES string of the molecule is COc1ccc(C23CCC(F)(F)CC2Oc2cc(F)ccc23)cc1. The van der Waals surface area contributed by atoms with Gasteiger partial charge in [0.1, 0.15) is 23.4 Å². The Kier molecular flexibility index (Phi) is 3.31. The number of benzene rings is 2. The first-order valence-electron chi connectivity index (χ1n) is 7.94. The molecule has 4 rings (SSSR count). The normalized spacial score (nSPS) is 27.1. The molecular formula is C19H17F3O2. The number of ether oxygens (including phenoxy) is 2. The van der Waals surface area contributed by atoms with Crippen LogP contribution in [0.3, 0.4) is 0 Å². The van der Waals surface area contributed by atoms with Gasteiger partial charge in [0, 0.05) is 24.5 Å². The molecule has 2 nitrogen and oxygen atoms in total. The lowest BCUT2D eigenvalue weighted by Crippen LogP contribution is -2.48. The molecule has 24 heavy (non-hydrogen) atoms. The number of halogens is 3. The van der Waals surface area contributed by atoms with Crippen LogP contribution in [0.1, 0.15) is 30.4 Å². The van der Waals surface area contributed by atoms with Crippen molar-refractivity contribution in [2.75, 3.05) is 7.11 Å². The summed E-state index contributed by atoms with van der Waals surface area (Å²) >= 11 is 0. The summed E-state index contributed by atoms with van der Waals surface area (Å²) in [6.07, 6.45) is -1.02. The predicted molar refractivity (Wildman–Crippen MR) is 83.4 cm³/mol. The molecule has 0 spiro atoms. The van der Waals surface area contributed by atoms with Crippen LogP contribution < -0.4 is 9.47 Å². The molecule has 126 valence electrons. The first-order chi connectivity index (χ1) is 11.4. The van der Waals surface area contributed by atoms with Crippen LogP contribution in [0.2, 0.25) is 0 Å². The highest BCUT2D eigenvalue weighted by Gasteiger charge is 2.57. The van der Waals surface area contributed by atoms with Crippen molar-refractivity contribution in [1.82, 2.24) is 0 Å². The molecule has 2 atom stereocenters. The maximum absolute atomic E-state index is 14.0. The predicted octanol–water partition coefficient (Wildman–Crippen LogP) is 4.70. The summed E-state index contributed by atoms with van der Waals surface area (Å²) in [5.41, 5.74) is 1.01. The van der Waals surface area contributed by atoms with E-state index in [-0.39, 0.29) is 19.3 Å². The summed E-state index contributed by atoms with van der Waals surface area (Å²) in [4.78, 5) is 0. The lowest BCUT2D eigenvalue weighted by molar-refractivity contribution is -0.0829. The van der Waals surface area contributed by atoms with Crippen LogP contribution in [0, 0.1) is 5.82 Å². The van der Waals surface area contributed by atoms with Crippen molar-refractivity contribution < 1.29 is 22.6 Å². The quantitative estimate of drug-likeness (QED) is 0.792. The average molecular weight is 334 g/mol. The molecule has 0 bridgehead atoms. The number of fused-ring (bicyclic) bond motifs is 3. The first-order valence-corrected chi connectivity index (χ1v) is 7.94. The second-order valence-electron chi connectivity index (χ2n) is 6.51. The van der Waals surface area contributed by atoms with Crippen molar-refractivity contribution in [3.8, 4) is 11.5 Å². The Morgan fingerprint density at radius 2 is 1.83 bits per heavy atom. The third-order valence-electron chi connectivity index (χ3n) is 5.22. The van der Waals surface area contributed by atoms with Gasteiger partial charge in [0.25, 0.3) is 5.92 Å². The van der Waals surface area contributed by atoms with Gasteiger partial charge in [0.2, 0.25) is 0 Å². The second kappa shape index (κ2) is 5.16. The number of hydrogen-bond acceptors (Lipinski definition) is 2. The van der Waals surface area contributed by atoms with Crippen LogP contribution in [0.4, 0.5) is 13.2 Å². The van der Waals surface area contributed by atoms with E-state index >= 15 is 0 Å². The van der Waals surface area contributed by atoms with E-state index in [1.807, 2.05) is 24.3 Å². The smallest absolute Gasteiger partial charge is 0.251 e. The summed E-state index contributed by atoms with van der Waals surface area (Å²) < 4.78 is 52.5. The van der Waals surface area contributed by atoms with Gasteiger partial charge in [0.15, 0.2) is 0 Å². The van der Waals surface area contributed by atoms with Crippen molar-refractivity contribution >= 4 is 0 Å². The molecule has 0 saturated heterocycles. The summed E-state index contributed by atoms with van der Waals surface area (Å²) in [6.45, 7) is 0. The molecule has 1 heterocycles. The van der Waals surface area contributed by atoms with Gasteiger partial charge in [-0.05, 0) is 30.2 Å². The highest BCUT2D eigenvalue weighted by atomic mass is 19.3. The van der Waals surface area contributed by atoms with E-state index in [4.69, 9.17) is 9.47 Å². The zero-order valence-corrected chi connectivity index (χ0v) is 13.2. The van der Waals surface area contributed by atoms with Crippen LogP contribution in [-0.4, -0.2) is 19.1 Å². The summed E-state index contributed by atoms with van der Waals surface area (Å²) in [5.74, 6) is -2.12. The molecule has 1 saturated carbocycles. The maximum atomic E-state index is 14.0. The molecule has 2 aromatic rings. The minimum absolute atomic E-state index is 0.213. The maximum Gasteiger partial charge on any atom is 0.251 e. The Bertz CT molecular complexity index is 773. The number of hydrogen-bond donors (Lipinski definition) is 0. The van der Waals surface area contributed by atoms with Gasteiger partial charge in [-0.1, -0.05) is 18.2 Å². The van der Waals surface area contributed by atoms with Gasteiger partial charge in [-0.25, -0.2) is 13.2 Å². The highest BCUT2D eigenvalue weighted by Crippen LogP contribution is 2.56. The molecule has 1 aliphatic carbocycles. The van der Waals surface area contributed by atoms with E-state index in [0.29, 0.717) is 11.5 Å². The molecule has 0 aromatic heterocycles. The third kappa shape index (κ3) is 2.18. The van der Waals surface area contributed by atoms with Crippen LogP contribution in [0.5, 0.6) is 11.5 Å². The van der Waals surface area contributed by atoms with Gasteiger partial charge >= 0.3 is 0 Å². The van der Waals surface area contributed by atoms with Gasteiger partial charge in [-0.3, -0.25) is 0 Å². The fourth-order valence-corrected chi connectivity index (χ4v) is 4.03. The monoisotopic (exact) mass is 334 g/mol. The molecular weight excluding hydrogens is 317 g/mol. The summed E-state index contributed by atoms with van der Waals surface area (Å²) in [5, 5.41) is 0. The van der Waals surface area contributed by atoms with Crippen molar-refractivity contribution in [2.45, 2.75) is 36.7 Å². The lowest BCUT2D eigenvalue weighted by atomic mass is 9.64. The molecule has 2 unspecified atom stereocenters. The number of rotatable bonds is 2. The van der Waals surface area contributed by atoms with Crippen LogP contribution in [0.15, 0.2) is 42.5 Å². The molecule has 0 radical (unpaired) electrons. The van der Waals surface area contributed by atoms with Crippen molar-refractivity contribution in [1.29, 1.82) is 0 Å². The Morgan fingerprint density at radius 1 is 1.08 bits per heavy atom. The minimum atomic E-state index is -2.76. The molecule has 2 aromatic carbocycles. The average Bonchev–Trinajstić information content (AvgIpc) is 2.86. The lowest BCUT2D eigenvalue weighted by Gasteiger charge is -2.41. The Hall–Kier alpha value is -2.17. The van der Waals surface area contributed by atoms with E-state index in [9.17, 15) is 13.2 Å². The van der Waals surface area contributed by atoms with E-state index < -0.39 is 23.3 Å². The summed E-state index contributed by atoms with van der Waals surface area (Å²) in [6, 6.07) is 11.7. The third-order valence-corrected chi connectivity index (χ3v) is 5.22. The Balaban J connectivity index is 1.87. The molecule has 0 N–H and O–H groups in total. The Morgan fingerprint density at radius 3 is 2.54 bits per heavy atom. The number of methoxy groups -OCH3 is 1. The largest absolute Gasteiger partial charge is 0.497 e. The molecule has 2 aliphatic rings. The van der Waals surface area contributed by atoms with Crippen LogP contribution in [0.25, 0.3) is 0 Å². The molecule has 1 fully saturated rings. The van der Waals surface area contributed by atoms with E-state index in [1.54, 1.807) is 13.2 Å². The van der Waals surface area contributed by atoms with E-state index in [1.165, 1.54) is 12.1 Å². The van der Waals surface area contributed by atoms with Crippen LogP contribution >= 0.6 is 0 Å². The fraction of sp³-hybridized carbons (Fsp3) is 0.368. The van der Waals surface area contributed by atoms with Crippen molar-refractivity contribution in [3.63, 3.8) is 0 Å². The van der Waals surface area contributed by atoms with E-state index in [0.717, 1.165) is 11.1 Å². The minimum Gasteiger partial charge on any atom is -0.497 e. The molecule has 0 amide bonds. The standard InChI is InChI=1S/C19H17F3O2/c1-23-14-5-2-12(3-6-14)19-9-8-18(21,22)11-17(19)24-16-10-13(20)4-7-15(16)19/h2-7,10,17H,8-9,11H2,1H3. The van der Waals surface area contributed by atoms with Gasteiger partial charge < -0.3 is 9.47 Å². The fourth-order valence-electron chi connectivity index (χ4n) is 4.03. The zero-order valence-electron chi connectivity index (χ0n) is 13.2. The van der Waals surface area contributed by atoms with Gasteiger partial charge in [0.05, 0.1) is 12.5 Å². The second-order valence-corrected chi connectivity index (χ2v) is 6.51. The first kappa shape index (κ1) is 15.4. The molecule has 1 aliphatic heterocycles. The van der Waals surface area contributed by atoms with Gasteiger partial charge in [-0.15, -0.1) is 0 Å².